The predicted molar refractivity (Wildman–Crippen MR) is 141 cm³/mol. The number of hydrogen-bond donors (Lipinski definition) is 3. The number of carbonyl (C=O) groups is 3. The number of nitriles is 1. The average molecular weight is 564 g/mol. The van der Waals surface area contributed by atoms with Crippen LogP contribution in [0.5, 0.6) is 11.5 Å². The third kappa shape index (κ3) is 7.68. The lowest BCUT2D eigenvalue weighted by Crippen LogP contribution is -2.20. The summed E-state index contributed by atoms with van der Waals surface area (Å²) in [5.41, 5.74) is 1.10. The number of carboxylic acids is 1. The summed E-state index contributed by atoms with van der Waals surface area (Å²) in [6.07, 6.45) is 1.36. The summed E-state index contributed by atoms with van der Waals surface area (Å²) in [6, 6.07) is 19.6. The molecule has 9 nitrogen and oxygen atoms in total. The molecule has 0 heterocycles. The topological polar surface area (TPSA) is 138 Å². The number of para-hydroxylation sites is 1. The van der Waals surface area contributed by atoms with Gasteiger partial charge < -0.3 is 25.2 Å². The summed E-state index contributed by atoms with van der Waals surface area (Å²) in [4.78, 5) is 36.1. The van der Waals surface area contributed by atoms with E-state index in [9.17, 15) is 19.6 Å². The molecule has 3 aromatic carbocycles. The van der Waals surface area contributed by atoms with E-state index in [0.29, 0.717) is 33.8 Å². The zero-order valence-electron chi connectivity index (χ0n) is 19.7. The molecular weight excluding hydrogens is 542 g/mol. The van der Waals surface area contributed by atoms with Gasteiger partial charge in [0.25, 0.3) is 11.8 Å². The van der Waals surface area contributed by atoms with Gasteiger partial charge in [-0.1, -0.05) is 40.2 Å². The fraction of sp³-hybridized carbons (Fsp3) is 0.111. The maximum absolute atomic E-state index is 12.7. The molecule has 0 saturated carbocycles. The Morgan fingerprint density at radius 2 is 1.68 bits per heavy atom. The minimum Gasteiger partial charge on any atom is -0.490 e. The second-order valence-corrected chi connectivity index (χ2v) is 8.32. The van der Waals surface area contributed by atoms with Crippen molar-refractivity contribution < 1.29 is 29.0 Å². The number of ether oxygens (including phenoxy) is 2. The second-order valence-electron chi connectivity index (χ2n) is 7.47. The molecule has 0 aliphatic rings. The molecule has 37 heavy (non-hydrogen) atoms. The number of aromatic carboxylic acids is 1. The van der Waals surface area contributed by atoms with Crippen molar-refractivity contribution in [1.82, 2.24) is 0 Å². The summed E-state index contributed by atoms with van der Waals surface area (Å²) >= 11 is 3.41. The van der Waals surface area contributed by atoms with Gasteiger partial charge in [-0.15, -0.1) is 0 Å². The van der Waals surface area contributed by atoms with E-state index in [1.165, 1.54) is 30.3 Å². The molecule has 0 unspecified atom stereocenters. The Labute approximate surface area is 221 Å². The Hall–Kier alpha value is -4.62. The monoisotopic (exact) mass is 563 g/mol. The first-order valence-electron chi connectivity index (χ1n) is 11.0. The van der Waals surface area contributed by atoms with Gasteiger partial charge in [-0.2, -0.15) is 5.26 Å². The van der Waals surface area contributed by atoms with Crippen LogP contribution >= 0.6 is 15.9 Å². The molecule has 0 aliphatic carbocycles. The maximum atomic E-state index is 12.7. The van der Waals surface area contributed by atoms with Crippen molar-refractivity contribution in [2.75, 3.05) is 23.8 Å². The van der Waals surface area contributed by atoms with E-state index in [0.717, 1.165) is 0 Å². The third-order valence-electron chi connectivity index (χ3n) is 4.81. The van der Waals surface area contributed by atoms with Crippen LogP contribution in [-0.4, -0.2) is 36.1 Å². The van der Waals surface area contributed by atoms with Gasteiger partial charge in [0.15, 0.2) is 18.1 Å². The van der Waals surface area contributed by atoms with E-state index in [1.54, 1.807) is 43.3 Å². The molecule has 0 fully saturated rings. The zero-order chi connectivity index (χ0) is 26.8. The van der Waals surface area contributed by atoms with Gasteiger partial charge in [0, 0.05) is 15.8 Å². The number of nitrogens with zero attached hydrogens (tertiary/aromatic N) is 1. The van der Waals surface area contributed by atoms with E-state index in [2.05, 4.69) is 26.6 Å². The van der Waals surface area contributed by atoms with Gasteiger partial charge in [0.2, 0.25) is 0 Å². The lowest BCUT2D eigenvalue weighted by atomic mass is 10.1. The molecule has 0 atom stereocenters. The number of carbonyl (C=O) groups excluding carboxylic acids is 2. The highest BCUT2D eigenvalue weighted by molar-refractivity contribution is 9.10. The molecule has 0 aromatic heterocycles. The summed E-state index contributed by atoms with van der Waals surface area (Å²) in [5, 5.41) is 23.9. The zero-order valence-corrected chi connectivity index (χ0v) is 21.2. The minimum absolute atomic E-state index is 0.00238. The van der Waals surface area contributed by atoms with Gasteiger partial charge in [0.1, 0.15) is 11.6 Å². The van der Waals surface area contributed by atoms with Crippen molar-refractivity contribution in [1.29, 1.82) is 5.26 Å². The van der Waals surface area contributed by atoms with Crippen LogP contribution in [0.4, 0.5) is 11.4 Å². The van der Waals surface area contributed by atoms with Crippen LogP contribution in [0.2, 0.25) is 0 Å². The van der Waals surface area contributed by atoms with Gasteiger partial charge in [-0.3, -0.25) is 9.59 Å². The highest BCUT2D eigenvalue weighted by Crippen LogP contribution is 2.35. The van der Waals surface area contributed by atoms with Gasteiger partial charge in [-0.05, 0) is 61.0 Å². The van der Waals surface area contributed by atoms with Crippen molar-refractivity contribution in [2.45, 2.75) is 6.92 Å². The smallest absolute Gasteiger partial charge is 0.335 e. The number of rotatable bonds is 10. The van der Waals surface area contributed by atoms with E-state index in [4.69, 9.17) is 14.6 Å². The number of nitrogens with one attached hydrogen (secondary N) is 2. The fourth-order valence-corrected chi connectivity index (χ4v) is 3.57. The van der Waals surface area contributed by atoms with Crippen molar-refractivity contribution in [3.8, 4) is 17.6 Å². The first-order chi connectivity index (χ1) is 17.8. The number of benzene rings is 3. The van der Waals surface area contributed by atoms with Gasteiger partial charge in [0.05, 0.1) is 12.2 Å². The summed E-state index contributed by atoms with van der Waals surface area (Å²) in [5.74, 6) is -1.60. The quantitative estimate of drug-likeness (QED) is 0.230. The molecule has 3 aromatic rings. The number of halogens is 1. The molecular formula is C27H22BrN3O6. The fourth-order valence-electron chi connectivity index (χ4n) is 3.14. The van der Waals surface area contributed by atoms with Crippen LogP contribution in [-0.2, 0) is 9.59 Å². The Balaban J connectivity index is 1.78. The predicted octanol–water partition coefficient (Wildman–Crippen LogP) is 5.11. The third-order valence-corrected chi connectivity index (χ3v) is 5.50. The Kier molecular flexibility index (Phi) is 9.41. The Bertz CT molecular complexity index is 1380. The van der Waals surface area contributed by atoms with Gasteiger partial charge >= 0.3 is 5.97 Å². The van der Waals surface area contributed by atoms with E-state index in [-0.39, 0.29) is 29.3 Å². The average Bonchev–Trinajstić information content (AvgIpc) is 2.88. The molecule has 0 bridgehead atoms. The number of carboxylic acid groups (broad SMARTS) is 1. The maximum Gasteiger partial charge on any atom is 0.335 e. The molecule has 2 amide bonds. The van der Waals surface area contributed by atoms with Crippen molar-refractivity contribution in [3.63, 3.8) is 0 Å². The highest BCUT2D eigenvalue weighted by Gasteiger charge is 2.16. The van der Waals surface area contributed by atoms with E-state index >= 15 is 0 Å². The standard InChI is InChI=1S/C27H22BrN3O6/c1-2-36-23-13-18(11-19(15-29)26(33)31-21-10-6-7-17(12-21)27(34)35)22(28)14-24(23)37-16-25(32)30-20-8-4-3-5-9-20/h3-14H,2,16H2,1H3,(H,30,32)(H,31,33)(H,34,35)/b19-11-. The molecule has 0 spiro atoms. The molecule has 3 rings (SSSR count). The summed E-state index contributed by atoms with van der Waals surface area (Å²) < 4.78 is 11.8. The van der Waals surface area contributed by atoms with E-state index < -0.39 is 11.9 Å². The summed E-state index contributed by atoms with van der Waals surface area (Å²) in [7, 11) is 0. The first-order valence-corrected chi connectivity index (χ1v) is 11.8. The largest absolute Gasteiger partial charge is 0.490 e. The number of anilines is 2. The van der Waals surface area contributed by atoms with Gasteiger partial charge in [-0.25, -0.2) is 4.79 Å². The van der Waals surface area contributed by atoms with Crippen molar-refractivity contribution >= 4 is 51.2 Å². The van der Waals surface area contributed by atoms with Crippen LogP contribution in [0.1, 0.15) is 22.8 Å². The normalized spacial score (nSPS) is 10.7. The van der Waals surface area contributed by atoms with Crippen LogP contribution in [0.3, 0.4) is 0 Å². The van der Waals surface area contributed by atoms with Crippen LogP contribution in [0, 0.1) is 11.3 Å². The van der Waals surface area contributed by atoms with Crippen molar-refractivity contribution in [3.05, 3.63) is 87.9 Å². The van der Waals surface area contributed by atoms with Crippen LogP contribution in [0.25, 0.3) is 6.08 Å². The summed E-state index contributed by atoms with van der Waals surface area (Å²) in [6.45, 7) is 1.82. The Morgan fingerprint density at radius 1 is 0.973 bits per heavy atom. The van der Waals surface area contributed by atoms with Crippen LogP contribution in [0.15, 0.2) is 76.8 Å². The first kappa shape index (κ1) is 27.0. The van der Waals surface area contributed by atoms with E-state index in [1.807, 2.05) is 12.1 Å². The number of amides is 2. The SMILES string of the molecule is CCOc1cc(/C=C(/C#N)C(=O)Nc2cccc(C(=O)O)c2)c(Br)cc1OCC(=O)Nc1ccccc1. The Morgan fingerprint density at radius 3 is 2.35 bits per heavy atom. The molecule has 3 N–H and O–H groups in total. The minimum atomic E-state index is -1.14. The lowest BCUT2D eigenvalue weighted by molar-refractivity contribution is -0.118. The molecule has 0 aliphatic heterocycles. The number of hydrogen-bond acceptors (Lipinski definition) is 6. The van der Waals surface area contributed by atoms with Crippen LogP contribution < -0.4 is 20.1 Å². The van der Waals surface area contributed by atoms with Crippen molar-refractivity contribution in [2.24, 2.45) is 0 Å². The molecule has 10 heteroatoms. The molecule has 188 valence electrons. The highest BCUT2D eigenvalue weighted by atomic mass is 79.9. The second kappa shape index (κ2) is 12.9. The molecule has 0 radical (unpaired) electrons. The lowest BCUT2D eigenvalue weighted by Gasteiger charge is -2.14. The molecule has 0 saturated heterocycles.